The number of halogens is 2. The van der Waals surface area contributed by atoms with Gasteiger partial charge in [-0.2, -0.15) is 0 Å². The Morgan fingerprint density at radius 3 is 2.65 bits per heavy atom. The summed E-state index contributed by atoms with van der Waals surface area (Å²) in [7, 11) is 0. The average Bonchev–Trinajstić information content (AvgIpc) is 2.40. The van der Waals surface area contributed by atoms with Gasteiger partial charge in [0.25, 0.3) is 11.6 Å². The van der Waals surface area contributed by atoms with Crippen molar-refractivity contribution in [3.63, 3.8) is 0 Å². The number of nitro benzene ring substituents is 1. The van der Waals surface area contributed by atoms with Crippen LogP contribution in [0.25, 0.3) is 0 Å². The topological polar surface area (TPSA) is 63.5 Å². The summed E-state index contributed by atoms with van der Waals surface area (Å²) in [6.45, 7) is 2.42. The van der Waals surface area contributed by atoms with E-state index in [1.54, 1.807) is 0 Å². The van der Waals surface area contributed by atoms with E-state index in [0.717, 1.165) is 12.1 Å². The first-order valence-electron chi connectivity index (χ1n) is 5.78. The van der Waals surface area contributed by atoms with Gasteiger partial charge in [0, 0.05) is 18.7 Å². The number of hydrogen-bond donors (Lipinski definition) is 0. The van der Waals surface area contributed by atoms with Crippen LogP contribution < -0.4 is 0 Å². The van der Waals surface area contributed by atoms with Crippen molar-refractivity contribution in [3.05, 3.63) is 37.9 Å². The van der Waals surface area contributed by atoms with Gasteiger partial charge in [-0.05, 0) is 6.42 Å². The Kier molecular flexibility index (Phi) is 5.81. The molecule has 0 N–H and O–H groups in total. The van der Waals surface area contributed by atoms with E-state index in [9.17, 15) is 14.9 Å². The van der Waals surface area contributed by atoms with Crippen LogP contribution in [-0.4, -0.2) is 28.8 Å². The normalized spacial score (nSPS) is 9.90. The van der Waals surface area contributed by atoms with Crippen molar-refractivity contribution in [2.24, 2.45) is 0 Å². The van der Waals surface area contributed by atoms with Gasteiger partial charge < -0.3 is 4.90 Å². The zero-order valence-electron chi connectivity index (χ0n) is 10.7. The molecule has 0 bridgehead atoms. The van der Waals surface area contributed by atoms with E-state index < -0.39 is 10.8 Å². The molecule has 0 fully saturated rings. The minimum absolute atomic E-state index is 0.0135. The summed E-state index contributed by atoms with van der Waals surface area (Å²) < 4.78 is 0. The molecule has 1 aromatic rings. The first-order valence-corrected chi connectivity index (χ1v) is 6.54. The predicted molar refractivity (Wildman–Crippen MR) is 78.1 cm³/mol. The second kappa shape index (κ2) is 7.13. The van der Waals surface area contributed by atoms with Crippen molar-refractivity contribution in [3.8, 4) is 12.3 Å². The largest absolute Gasteiger partial charge is 0.327 e. The molecule has 0 saturated heterocycles. The van der Waals surface area contributed by atoms with Gasteiger partial charge >= 0.3 is 0 Å². The van der Waals surface area contributed by atoms with Crippen LogP contribution in [0, 0.1) is 22.5 Å². The zero-order chi connectivity index (χ0) is 15.3. The van der Waals surface area contributed by atoms with Crippen molar-refractivity contribution in [1.82, 2.24) is 4.90 Å². The molecule has 0 aliphatic carbocycles. The van der Waals surface area contributed by atoms with E-state index in [4.69, 9.17) is 29.6 Å². The molecule has 20 heavy (non-hydrogen) atoms. The number of terminal acetylenes is 1. The number of hydrogen-bond acceptors (Lipinski definition) is 3. The lowest BCUT2D eigenvalue weighted by Gasteiger charge is -2.20. The van der Waals surface area contributed by atoms with Crippen LogP contribution in [0.1, 0.15) is 23.7 Å². The molecule has 0 radical (unpaired) electrons. The molecular formula is C13H12Cl2N2O3. The average molecular weight is 315 g/mol. The number of rotatable bonds is 5. The van der Waals surface area contributed by atoms with Gasteiger partial charge in [0.1, 0.15) is 0 Å². The van der Waals surface area contributed by atoms with Gasteiger partial charge in [-0.1, -0.05) is 36.0 Å². The van der Waals surface area contributed by atoms with E-state index in [0.29, 0.717) is 13.0 Å². The Morgan fingerprint density at radius 2 is 2.15 bits per heavy atom. The highest BCUT2D eigenvalue weighted by Gasteiger charge is 2.22. The number of nitrogens with zero attached hydrogens (tertiary/aromatic N) is 2. The highest BCUT2D eigenvalue weighted by molar-refractivity contribution is 6.44. The Labute approximate surface area is 126 Å². The summed E-state index contributed by atoms with van der Waals surface area (Å²) in [5.74, 6) is 1.90. The Balaban J connectivity index is 3.26. The monoisotopic (exact) mass is 314 g/mol. The first-order chi connectivity index (χ1) is 9.42. The van der Waals surface area contributed by atoms with E-state index in [1.807, 2.05) is 6.92 Å². The molecule has 0 heterocycles. The maximum Gasteiger partial charge on any atom is 0.271 e. The maximum absolute atomic E-state index is 12.3. The maximum atomic E-state index is 12.3. The highest BCUT2D eigenvalue weighted by Crippen LogP contribution is 2.31. The molecule has 0 spiro atoms. The second-order valence-corrected chi connectivity index (χ2v) is 4.76. The molecule has 0 aliphatic rings. The first kappa shape index (κ1) is 16.3. The van der Waals surface area contributed by atoms with E-state index in [1.165, 1.54) is 4.90 Å². The van der Waals surface area contributed by atoms with Gasteiger partial charge in [0.15, 0.2) is 0 Å². The predicted octanol–water partition coefficient (Wildman–Crippen LogP) is 3.39. The third-order valence-corrected chi connectivity index (χ3v) is 3.32. The van der Waals surface area contributed by atoms with E-state index in [-0.39, 0.29) is 27.8 Å². The fourth-order valence-corrected chi connectivity index (χ4v) is 2.04. The molecular weight excluding hydrogens is 303 g/mol. The Morgan fingerprint density at radius 1 is 1.50 bits per heavy atom. The van der Waals surface area contributed by atoms with E-state index >= 15 is 0 Å². The lowest BCUT2D eigenvalue weighted by molar-refractivity contribution is -0.384. The highest BCUT2D eigenvalue weighted by atomic mass is 35.5. The second-order valence-electron chi connectivity index (χ2n) is 3.98. The van der Waals surface area contributed by atoms with E-state index in [2.05, 4.69) is 5.92 Å². The number of amides is 1. The molecule has 7 heteroatoms. The molecule has 0 saturated carbocycles. The van der Waals surface area contributed by atoms with Crippen LogP contribution in [0.4, 0.5) is 5.69 Å². The third kappa shape index (κ3) is 3.62. The summed E-state index contributed by atoms with van der Waals surface area (Å²) in [5.41, 5.74) is -0.311. The van der Waals surface area contributed by atoms with Crippen LogP contribution in [0.3, 0.4) is 0 Å². The lowest BCUT2D eigenvalue weighted by atomic mass is 10.1. The van der Waals surface area contributed by atoms with Crippen molar-refractivity contribution >= 4 is 34.8 Å². The van der Waals surface area contributed by atoms with Crippen molar-refractivity contribution < 1.29 is 9.72 Å². The van der Waals surface area contributed by atoms with Crippen molar-refractivity contribution in [2.45, 2.75) is 13.3 Å². The van der Waals surface area contributed by atoms with Crippen molar-refractivity contribution in [2.75, 3.05) is 13.1 Å². The van der Waals surface area contributed by atoms with Crippen molar-refractivity contribution in [1.29, 1.82) is 0 Å². The van der Waals surface area contributed by atoms with Gasteiger partial charge in [-0.25, -0.2) is 0 Å². The molecule has 0 atom stereocenters. The minimum atomic E-state index is -0.635. The number of nitro groups is 1. The summed E-state index contributed by atoms with van der Waals surface area (Å²) in [6.07, 6.45) is 5.91. The third-order valence-electron chi connectivity index (χ3n) is 2.52. The summed E-state index contributed by atoms with van der Waals surface area (Å²) in [6, 6.07) is 2.21. The quantitative estimate of drug-likeness (QED) is 0.475. The molecule has 5 nitrogen and oxygen atoms in total. The number of benzene rings is 1. The van der Waals surface area contributed by atoms with Crippen LogP contribution in [0.2, 0.25) is 10.0 Å². The number of carbonyl (C=O) groups is 1. The van der Waals surface area contributed by atoms with Crippen LogP contribution in [0.5, 0.6) is 0 Å². The fourth-order valence-electron chi connectivity index (χ4n) is 1.64. The lowest BCUT2D eigenvalue weighted by Crippen LogP contribution is -2.32. The van der Waals surface area contributed by atoms with Gasteiger partial charge in [0.05, 0.1) is 27.1 Å². The summed E-state index contributed by atoms with van der Waals surface area (Å²) in [4.78, 5) is 23.9. The van der Waals surface area contributed by atoms with Crippen LogP contribution in [-0.2, 0) is 0 Å². The number of carbonyl (C=O) groups excluding carboxylic acids is 1. The molecule has 106 valence electrons. The van der Waals surface area contributed by atoms with Gasteiger partial charge in [-0.15, -0.1) is 6.42 Å². The standard InChI is InChI=1S/C13H12Cl2N2O3/c1-3-5-16(6-4-2)13(18)10-7-9(17(19)20)8-11(14)12(10)15/h1,7-8H,4-6H2,2H3. The smallest absolute Gasteiger partial charge is 0.271 e. The van der Waals surface area contributed by atoms with Gasteiger partial charge in [0.2, 0.25) is 0 Å². The molecule has 0 unspecified atom stereocenters. The summed E-state index contributed by atoms with van der Waals surface area (Å²) in [5, 5.41) is 10.8. The van der Waals surface area contributed by atoms with Gasteiger partial charge in [-0.3, -0.25) is 14.9 Å². The number of non-ortho nitro benzene ring substituents is 1. The molecule has 1 aromatic carbocycles. The molecule has 0 aromatic heterocycles. The Bertz CT molecular complexity index is 582. The van der Waals surface area contributed by atoms with Crippen LogP contribution in [0.15, 0.2) is 12.1 Å². The molecule has 0 aliphatic heterocycles. The van der Waals surface area contributed by atoms with Crippen LogP contribution >= 0.6 is 23.2 Å². The molecule has 1 rings (SSSR count). The Hall–Kier alpha value is -1.77. The zero-order valence-corrected chi connectivity index (χ0v) is 12.2. The molecule has 1 amide bonds. The minimum Gasteiger partial charge on any atom is -0.327 e. The fraction of sp³-hybridized carbons (Fsp3) is 0.308. The SMILES string of the molecule is C#CCN(CCC)C(=O)c1cc([N+](=O)[O-])cc(Cl)c1Cl. The summed E-state index contributed by atoms with van der Waals surface area (Å²) >= 11 is 11.8.